The van der Waals surface area contributed by atoms with Gasteiger partial charge in [-0.15, -0.1) is 0 Å². The number of hydrogen-bond acceptors (Lipinski definition) is 4. The van der Waals surface area contributed by atoms with Crippen molar-refractivity contribution in [2.75, 3.05) is 19.8 Å². The largest absolute Gasteiger partial charge is 0.476 e. The van der Waals surface area contributed by atoms with Crippen LogP contribution in [0.25, 0.3) is 0 Å². The van der Waals surface area contributed by atoms with Gasteiger partial charge in [-0.3, -0.25) is 0 Å². The Morgan fingerprint density at radius 2 is 2.12 bits per heavy atom. The van der Waals surface area contributed by atoms with Crippen LogP contribution in [0.4, 0.5) is 0 Å². The SMILES string of the molecule is Clc1ncc(Cl)c(OCC2CCOCC2)n1. The molecule has 88 valence electrons. The van der Waals surface area contributed by atoms with E-state index in [1.807, 2.05) is 0 Å². The minimum absolute atomic E-state index is 0.145. The van der Waals surface area contributed by atoms with Crippen molar-refractivity contribution in [3.8, 4) is 5.88 Å². The highest BCUT2D eigenvalue weighted by Gasteiger charge is 2.15. The molecule has 0 aliphatic carbocycles. The molecule has 0 unspecified atom stereocenters. The third kappa shape index (κ3) is 3.20. The lowest BCUT2D eigenvalue weighted by molar-refractivity contribution is 0.0490. The van der Waals surface area contributed by atoms with Crippen LogP contribution in [-0.4, -0.2) is 29.8 Å². The van der Waals surface area contributed by atoms with Crippen LogP contribution in [0, 0.1) is 5.92 Å². The molecule has 0 bridgehead atoms. The summed E-state index contributed by atoms with van der Waals surface area (Å²) in [6, 6.07) is 0. The van der Waals surface area contributed by atoms with E-state index >= 15 is 0 Å². The zero-order valence-electron chi connectivity index (χ0n) is 8.66. The van der Waals surface area contributed by atoms with E-state index in [1.165, 1.54) is 6.20 Å². The van der Waals surface area contributed by atoms with Crippen LogP contribution in [0.3, 0.4) is 0 Å². The number of hydrogen-bond donors (Lipinski definition) is 0. The first-order valence-electron chi connectivity index (χ1n) is 5.14. The molecule has 16 heavy (non-hydrogen) atoms. The van der Waals surface area contributed by atoms with Crippen molar-refractivity contribution in [2.24, 2.45) is 5.92 Å². The molecule has 1 aliphatic heterocycles. The Morgan fingerprint density at radius 3 is 2.88 bits per heavy atom. The van der Waals surface area contributed by atoms with Crippen molar-refractivity contribution in [1.29, 1.82) is 0 Å². The minimum Gasteiger partial charge on any atom is -0.476 e. The maximum absolute atomic E-state index is 5.88. The van der Waals surface area contributed by atoms with Crippen LogP contribution in [-0.2, 0) is 4.74 Å². The molecule has 6 heteroatoms. The normalized spacial score (nSPS) is 17.4. The quantitative estimate of drug-likeness (QED) is 0.786. The molecule has 0 saturated carbocycles. The Morgan fingerprint density at radius 1 is 1.38 bits per heavy atom. The van der Waals surface area contributed by atoms with Gasteiger partial charge < -0.3 is 9.47 Å². The molecular formula is C10H12Cl2N2O2. The molecule has 1 saturated heterocycles. The molecule has 2 rings (SSSR count). The molecule has 0 amide bonds. The molecule has 0 aromatic carbocycles. The van der Waals surface area contributed by atoms with E-state index in [9.17, 15) is 0 Å². The molecule has 0 radical (unpaired) electrons. The molecule has 2 heterocycles. The summed E-state index contributed by atoms with van der Waals surface area (Å²) >= 11 is 11.5. The van der Waals surface area contributed by atoms with Crippen molar-refractivity contribution in [2.45, 2.75) is 12.8 Å². The van der Waals surface area contributed by atoms with Gasteiger partial charge in [-0.25, -0.2) is 4.98 Å². The van der Waals surface area contributed by atoms with Gasteiger partial charge in [0, 0.05) is 13.2 Å². The first-order chi connectivity index (χ1) is 7.75. The Hall–Kier alpha value is -0.580. The van der Waals surface area contributed by atoms with E-state index in [0.29, 0.717) is 23.4 Å². The fraction of sp³-hybridized carbons (Fsp3) is 0.600. The summed E-state index contributed by atoms with van der Waals surface area (Å²) in [7, 11) is 0. The second-order valence-corrected chi connectivity index (χ2v) is 4.40. The van der Waals surface area contributed by atoms with Gasteiger partial charge in [0.2, 0.25) is 11.2 Å². The van der Waals surface area contributed by atoms with Crippen molar-refractivity contribution in [1.82, 2.24) is 9.97 Å². The van der Waals surface area contributed by atoms with Crippen LogP contribution < -0.4 is 4.74 Å². The molecule has 1 fully saturated rings. The third-order valence-corrected chi connectivity index (χ3v) is 2.92. The Bertz CT molecular complexity index is 357. The predicted octanol–water partition coefficient (Wildman–Crippen LogP) is 2.59. The second kappa shape index (κ2) is 5.66. The van der Waals surface area contributed by atoms with Gasteiger partial charge in [-0.05, 0) is 30.4 Å². The standard InChI is InChI=1S/C10H12Cl2N2O2/c11-8-5-13-10(12)14-9(8)16-6-7-1-3-15-4-2-7/h5,7H,1-4,6H2. The molecule has 1 aromatic heterocycles. The van der Waals surface area contributed by atoms with Gasteiger partial charge in [0.1, 0.15) is 5.02 Å². The summed E-state index contributed by atoms with van der Waals surface area (Å²) in [6.45, 7) is 2.19. The van der Waals surface area contributed by atoms with Crippen LogP contribution in [0.5, 0.6) is 5.88 Å². The zero-order valence-corrected chi connectivity index (χ0v) is 10.2. The summed E-state index contributed by atoms with van der Waals surface area (Å²) in [5.74, 6) is 0.853. The summed E-state index contributed by atoms with van der Waals surface area (Å²) in [4.78, 5) is 7.68. The van der Waals surface area contributed by atoms with E-state index in [4.69, 9.17) is 32.7 Å². The number of ether oxygens (including phenoxy) is 2. The van der Waals surface area contributed by atoms with Gasteiger partial charge in [0.15, 0.2) is 0 Å². The van der Waals surface area contributed by atoms with Crippen molar-refractivity contribution in [3.63, 3.8) is 0 Å². The van der Waals surface area contributed by atoms with Gasteiger partial charge in [-0.2, -0.15) is 4.98 Å². The first kappa shape index (κ1) is 11.9. The minimum atomic E-state index is 0.145. The third-order valence-electron chi connectivity index (χ3n) is 2.48. The lowest BCUT2D eigenvalue weighted by atomic mass is 10.0. The van der Waals surface area contributed by atoms with Crippen molar-refractivity contribution < 1.29 is 9.47 Å². The van der Waals surface area contributed by atoms with Crippen LogP contribution >= 0.6 is 23.2 Å². The maximum Gasteiger partial charge on any atom is 0.237 e. The molecule has 4 nitrogen and oxygen atoms in total. The molecule has 0 atom stereocenters. The molecular weight excluding hydrogens is 251 g/mol. The Kier molecular flexibility index (Phi) is 4.21. The molecule has 1 aromatic rings. The fourth-order valence-electron chi connectivity index (χ4n) is 1.54. The van der Waals surface area contributed by atoms with Crippen LogP contribution in [0.2, 0.25) is 10.3 Å². The van der Waals surface area contributed by atoms with E-state index in [0.717, 1.165) is 26.1 Å². The van der Waals surface area contributed by atoms with E-state index in [-0.39, 0.29) is 5.28 Å². The van der Waals surface area contributed by atoms with E-state index in [1.54, 1.807) is 0 Å². The number of halogens is 2. The summed E-state index contributed by atoms with van der Waals surface area (Å²) in [5, 5.41) is 0.530. The van der Waals surface area contributed by atoms with Gasteiger partial charge in [0.05, 0.1) is 12.8 Å². The highest BCUT2D eigenvalue weighted by atomic mass is 35.5. The van der Waals surface area contributed by atoms with Gasteiger partial charge in [-0.1, -0.05) is 11.6 Å². The van der Waals surface area contributed by atoms with Crippen molar-refractivity contribution >= 4 is 23.2 Å². The monoisotopic (exact) mass is 262 g/mol. The second-order valence-electron chi connectivity index (χ2n) is 3.66. The molecule has 1 aliphatic rings. The average molecular weight is 263 g/mol. The smallest absolute Gasteiger partial charge is 0.237 e. The fourth-order valence-corrected chi connectivity index (χ4v) is 1.81. The molecule has 0 N–H and O–H groups in total. The Labute approximate surface area is 104 Å². The lowest BCUT2D eigenvalue weighted by Crippen LogP contribution is -2.21. The van der Waals surface area contributed by atoms with E-state index < -0.39 is 0 Å². The van der Waals surface area contributed by atoms with Gasteiger partial charge >= 0.3 is 0 Å². The summed E-state index contributed by atoms with van der Waals surface area (Å²) in [6.07, 6.45) is 3.46. The van der Waals surface area contributed by atoms with Crippen LogP contribution in [0.1, 0.15) is 12.8 Å². The maximum atomic E-state index is 5.88. The Balaban J connectivity index is 1.90. The van der Waals surface area contributed by atoms with Crippen LogP contribution in [0.15, 0.2) is 6.20 Å². The van der Waals surface area contributed by atoms with E-state index in [2.05, 4.69) is 9.97 Å². The average Bonchev–Trinajstić information content (AvgIpc) is 2.32. The van der Waals surface area contributed by atoms with Crippen molar-refractivity contribution in [3.05, 3.63) is 16.5 Å². The first-order valence-corrected chi connectivity index (χ1v) is 5.90. The number of rotatable bonds is 3. The number of nitrogens with zero attached hydrogens (tertiary/aromatic N) is 2. The molecule has 0 spiro atoms. The lowest BCUT2D eigenvalue weighted by Gasteiger charge is -2.21. The topological polar surface area (TPSA) is 44.2 Å². The summed E-state index contributed by atoms with van der Waals surface area (Å²) in [5.41, 5.74) is 0. The highest BCUT2D eigenvalue weighted by Crippen LogP contribution is 2.23. The summed E-state index contributed by atoms with van der Waals surface area (Å²) < 4.78 is 10.8. The highest BCUT2D eigenvalue weighted by molar-refractivity contribution is 6.32. The predicted molar refractivity (Wildman–Crippen MR) is 61.1 cm³/mol. The van der Waals surface area contributed by atoms with Gasteiger partial charge in [0.25, 0.3) is 0 Å². The number of aromatic nitrogens is 2. The zero-order chi connectivity index (χ0) is 11.4.